The number of thioether (sulfide) groups is 1. The summed E-state index contributed by atoms with van der Waals surface area (Å²) >= 11 is 3.75. The van der Waals surface area contributed by atoms with Gasteiger partial charge in [-0.3, -0.25) is 0 Å². The van der Waals surface area contributed by atoms with Crippen molar-refractivity contribution in [1.82, 2.24) is 0 Å². The summed E-state index contributed by atoms with van der Waals surface area (Å²) in [6.45, 7) is 8.24. The molecule has 0 saturated carbocycles. The van der Waals surface area contributed by atoms with Gasteiger partial charge in [-0.2, -0.15) is 4.57 Å². The number of thiazole rings is 1. The first-order chi connectivity index (χ1) is 16.3. The molecule has 3 aromatic carbocycles. The van der Waals surface area contributed by atoms with E-state index in [1.54, 1.807) is 12.1 Å². The van der Waals surface area contributed by atoms with Gasteiger partial charge in [-0.25, -0.2) is 8.42 Å². The quantitative estimate of drug-likeness (QED) is 0.247. The van der Waals surface area contributed by atoms with Gasteiger partial charge in [-0.1, -0.05) is 65.1 Å². The van der Waals surface area contributed by atoms with Gasteiger partial charge in [0, 0.05) is 17.5 Å². The molecule has 5 rings (SSSR count). The molecule has 0 N–H and O–H groups in total. The van der Waals surface area contributed by atoms with Crippen molar-refractivity contribution < 1.29 is 17.5 Å². The summed E-state index contributed by atoms with van der Waals surface area (Å²) in [4.78, 5) is 3.58. The second-order valence-electron chi connectivity index (χ2n) is 7.72. The lowest BCUT2D eigenvalue weighted by atomic mass is 10.2. The van der Waals surface area contributed by atoms with E-state index in [1.165, 1.54) is 43.0 Å². The van der Waals surface area contributed by atoms with Crippen molar-refractivity contribution in [3.8, 4) is 0 Å². The van der Waals surface area contributed by atoms with Crippen LogP contribution >= 0.6 is 23.1 Å². The van der Waals surface area contributed by atoms with Crippen molar-refractivity contribution in [3.05, 3.63) is 88.4 Å². The predicted octanol–water partition coefficient (Wildman–Crippen LogP) is 6.04. The summed E-state index contributed by atoms with van der Waals surface area (Å²) < 4.78 is 34.9. The summed E-state index contributed by atoms with van der Waals surface area (Å²) in [6.07, 6.45) is 2.35. The second kappa shape index (κ2) is 10.3. The molecule has 2 heterocycles. The number of anilines is 1. The lowest BCUT2D eigenvalue weighted by molar-refractivity contribution is -0.665. The van der Waals surface area contributed by atoms with Crippen molar-refractivity contribution in [1.29, 1.82) is 0 Å². The monoisotopic (exact) mass is 510 g/mol. The summed E-state index contributed by atoms with van der Waals surface area (Å²) in [5.41, 5.74) is 3.59. The van der Waals surface area contributed by atoms with E-state index in [1.807, 2.05) is 30.0 Å². The van der Waals surface area contributed by atoms with Crippen LogP contribution in [-0.2, 0) is 16.7 Å². The lowest BCUT2D eigenvalue weighted by Crippen LogP contribution is -2.33. The highest BCUT2D eigenvalue weighted by atomic mass is 32.2. The largest absolute Gasteiger partial charge is 0.744 e. The smallest absolute Gasteiger partial charge is 0.265 e. The Morgan fingerprint density at radius 3 is 2.32 bits per heavy atom. The predicted molar refractivity (Wildman–Crippen MR) is 140 cm³/mol. The minimum atomic E-state index is -4.27. The molecule has 0 amide bonds. The van der Waals surface area contributed by atoms with Gasteiger partial charge in [0.05, 0.1) is 21.7 Å². The molecule has 4 aromatic rings. The van der Waals surface area contributed by atoms with E-state index in [9.17, 15) is 13.0 Å². The molecule has 5 nitrogen and oxygen atoms in total. The maximum Gasteiger partial charge on any atom is 0.265 e. The average molecular weight is 511 g/mol. The molecule has 0 saturated heterocycles. The number of nitrogens with zero attached hydrogens (tertiary/aromatic N) is 2. The topological polar surface area (TPSA) is 64.3 Å². The van der Waals surface area contributed by atoms with Gasteiger partial charge in [-0.05, 0) is 51.1 Å². The van der Waals surface area contributed by atoms with Crippen LogP contribution < -0.4 is 9.47 Å². The minimum Gasteiger partial charge on any atom is -0.744 e. The first kappa shape index (κ1) is 24.5. The summed E-state index contributed by atoms with van der Waals surface area (Å²) in [6, 6.07) is 23.1. The van der Waals surface area contributed by atoms with Gasteiger partial charge in [0.25, 0.3) is 5.01 Å². The van der Waals surface area contributed by atoms with Gasteiger partial charge in [-0.15, -0.1) is 0 Å². The maximum atomic E-state index is 10.4. The highest BCUT2D eigenvalue weighted by Gasteiger charge is 2.26. The van der Waals surface area contributed by atoms with E-state index in [2.05, 4.69) is 77.9 Å². The Balaban J connectivity index is 0.000000210. The van der Waals surface area contributed by atoms with Crippen LogP contribution in [0.1, 0.15) is 24.4 Å². The molecule has 0 aliphatic carbocycles. The molecular weight excluding hydrogens is 484 g/mol. The van der Waals surface area contributed by atoms with E-state index in [-0.39, 0.29) is 4.90 Å². The van der Waals surface area contributed by atoms with Crippen molar-refractivity contribution in [2.75, 3.05) is 11.4 Å². The van der Waals surface area contributed by atoms with Crippen molar-refractivity contribution in [2.45, 2.75) is 37.1 Å². The van der Waals surface area contributed by atoms with Crippen molar-refractivity contribution >= 4 is 55.2 Å². The first-order valence-electron chi connectivity index (χ1n) is 11.0. The summed E-state index contributed by atoms with van der Waals surface area (Å²) in [5, 5.41) is 2.64. The van der Waals surface area contributed by atoms with Gasteiger partial charge < -0.3 is 9.45 Å². The van der Waals surface area contributed by atoms with Gasteiger partial charge in [0.1, 0.15) is 21.4 Å². The van der Waals surface area contributed by atoms with Gasteiger partial charge >= 0.3 is 0 Å². The molecule has 0 bridgehead atoms. The lowest BCUT2D eigenvalue weighted by Gasteiger charge is -2.17. The number of aromatic nitrogens is 1. The normalized spacial score (nSPS) is 14.2. The number of para-hydroxylation sites is 2. The number of rotatable bonds is 4. The van der Waals surface area contributed by atoms with E-state index >= 15 is 0 Å². The SMILES string of the molecule is CCN1C(=Cc2sc3ccccc3[n+]2CC)Sc2ccccc21.Cc1ccc(S(=O)(=O)[O-])cc1. The van der Waals surface area contributed by atoms with Crippen LogP contribution in [0.2, 0.25) is 0 Å². The third-order valence-corrected chi connectivity index (χ3v) is 8.54. The Morgan fingerprint density at radius 2 is 1.65 bits per heavy atom. The fourth-order valence-corrected chi connectivity index (χ4v) is 6.65. The standard InChI is InChI=1S/C19H19N2S2.C7H8O3S/c1-3-20-14-9-5-7-11-16(14)22-18(20)13-19-21(4-2)15-10-6-8-12-17(15)23-19;1-6-2-4-7(5-3-6)11(8,9)10/h5-13H,3-4H2,1-2H3;2-5H,1H3,(H,8,9,10)/q+1;/p-1. The van der Waals surface area contributed by atoms with Crippen molar-refractivity contribution in [2.24, 2.45) is 0 Å². The molecule has 1 aliphatic rings. The third kappa shape index (κ3) is 5.20. The van der Waals surface area contributed by atoms with Crippen LogP contribution in [0.5, 0.6) is 0 Å². The van der Waals surface area contributed by atoms with E-state index < -0.39 is 10.1 Å². The zero-order valence-corrected chi connectivity index (χ0v) is 21.7. The molecule has 8 heteroatoms. The molecule has 0 unspecified atom stereocenters. The zero-order chi connectivity index (χ0) is 24.3. The molecular formula is C26H26N2O3S3. The molecule has 0 radical (unpaired) electrons. The van der Waals surface area contributed by atoms with E-state index in [4.69, 9.17) is 0 Å². The second-order valence-corrected chi connectivity index (χ2v) is 11.2. The molecule has 1 aromatic heterocycles. The molecule has 0 atom stereocenters. The average Bonchev–Trinajstić information content (AvgIpc) is 3.35. The van der Waals surface area contributed by atoms with Crippen LogP contribution in [0.15, 0.2) is 87.6 Å². The van der Waals surface area contributed by atoms with Gasteiger partial charge in [0.2, 0.25) is 5.52 Å². The molecule has 0 fully saturated rings. The third-order valence-electron chi connectivity index (χ3n) is 5.46. The summed E-state index contributed by atoms with van der Waals surface area (Å²) in [7, 11) is -4.27. The number of hydrogen-bond acceptors (Lipinski definition) is 6. The van der Waals surface area contributed by atoms with E-state index in [0.29, 0.717) is 0 Å². The molecule has 1 aliphatic heterocycles. The first-order valence-corrected chi connectivity index (χ1v) is 14.1. The van der Waals surface area contributed by atoms with Crippen molar-refractivity contribution in [3.63, 3.8) is 0 Å². The van der Waals surface area contributed by atoms with Crippen LogP contribution in [-0.4, -0.2) is 19.5 Å². The fourth-order valence-electron chi connectivity index (χ4n) is 3.78. The Bertz CT molecular complexity index is 1440. The van der Waals surface area contributed by atoms with Crippen LogP contribution in [0.25, 0.3) is 16.3 Å². The Kier molecular flexibility index (Phi) is 7.42. The summed E-state index contributed by atoms with van der Waals surface area (Å²) in [5.74, 6) is 0. The number of benzene rings is 3. The number of aryl methyl sites for hydroxylation is 2. The van der Waals surface area contributed by atoms with Crippen LogP contribution in [0, 0.1) is 6.92 Å². The Morgan fingerprint density at radius 1 is 0.971 bits per heavy atom. The molecule has 34 heavy (non-hydrogen) atoms. The van der Waals surface area contributed by atoms with Crippen LogP contribution in [0.3, 0.4) is 0 Å². The Labute approximate surface area is 209 Å². The maximum absolute atomic E-state index is 10.4. The van der Waals surface area contributed by atoms with Gasteiger partial charge in [0.15, 0.2) is 0 Å². The van der Waals surface area contributed by atoms with E-state index in [0.717, 1.165) is 18.7 Å². The zero-order valence-electron chi connectivity index (χ0n) is 19.3. The highest BCUT2D eigenvalue weighted by Crippen LogP contribution is 2.46. The molecule has 0 spiro atoms. The number of hydrogen-bond donors (Lipinski definition) is 0. The fraction of sp³-hybridized carbons (Fsp3) is 0.192. The highest BCUT2D eigenvalue weighted by molar-refractivity contribution is 8.03. The Hall–Kier alpha value is -2.65. The number of fused-ring (bicyclic) bond motifs is 2. The minimum absolute atomic E-state index is 0.178. The van der Waals surface area contributed by atoms with Crippen LogP contribution in [0.4, 0.5) is 5.69 Å². The molecule has 176 valence electrons.